The standard InChI is InChI=1S/C16H15F3O3/c1-9-5-14(21)12(15(22)6-9)8-13(20)10-3-2-4-11(7-10)16(17,18)19/h2-4,7,9,21H,5-6,8H2,1H3. The lowest BCUT2D eigenvalue weighted by Crippen LogP contribution is -2.20. The monoisotopic (exact) mass is 312 g/mol. The van der Waals surface area contributed by atoms with E-state index < -0.39 is 17.5 Å². The Kier molecular flexibility index (Phi) is 4.39. The average Bonchev–Trinajstić information content (AvgIpc) is 2.41. The topological polar surface area (TPSA) is 54.4 Å². The van der Waals surface area contributed by atoms with Gasteiger partial charge >= 0.3 is 6.18 Å². The summed E-state index contributed by atoms with van der Waals surface area (Å²) in [5, 5.41) is 9.82. The number of ketones is 2. The summed E-state index contributed by atoms with van der Waals surface area (Å²) in [7, 11) is 0. The second kappa shape index (κ2) is 5.94. The molecule has 1 N–H and O–H groups in total. The van der Waals surface area contributed by atoms with Crippen LogP contribution in [0.5, 0.6) is 0 Å². The lowest BCUT2D eigenvalue weighted by molar-refractivity contribution is -0.137. The number of allylic oxidation sites excluding steroid dienone is 2. The smallest absolute Gasteiger partial charge is 0.416 e. The van der Waals surface area contributed by atoms with Crippen molar-refractivity contribution < 1.29 is 27.9 Å². The van der Waals surface area contributed by atoms with Crippen LogP contribution < -0.4 is 0 Å². The Labute approximate surface area is 125 Å². The van der Waals surface area contributed by atoms with Gasteiger partial charge in [0.25, 0.3) is 0 Å². The first-order chi connectivity index (χ1) is 10.2. The van der Waals surface area contributed by atoms with E-state index in [-0.39, 0.29) is 41.4 Å². The third kappa shape index (κ3) is 3.55. The molecule has 0 bridgehead atoms. The third-order valence-electron chi connectivity index (χ3n) is 3.61. The van der Waals surface area contributed by atoms with Gasteiger partial charge in [-0.2, -0.15) is 13.2 Å². The number of Topliss-reactive ketones (excluding diaryl/α,β-unsaturated/α-hetero) is 2. The minimum Gasteiger partial charge on any atom is -0.512 e. The van der Waals surface area contributed by atoms with Gasteiger partial charge in [-0.3, -0.25) is 9.59 Å². The summed E-state index contributed by atoms with van der Waals surface area (Å²) in [6, 6.07) is 4.05. The Morgan fingerprint density at radius 1 is 1.32 bits per heavy atom. The highest BCUT2D eigenvalue weighted by Crippen LogP contribution is 2.31. The molecule has 0 fully saturated rings. The lowest BCUT2D eigenvalue weighted by atomic mass is 9.85. The number of rotatable bonds is 3. The number of aliphatic hydroxyl groups is 1. The first kappa shape index (κ1) is 16.3. The maximum Gasteiger partial charge on any atom is 0.416 e. The Hall–Kier alpha value is -2.11. The SMILES string of the molecule is CC1CC(=O)C(CC(=O)c2cccc(C(F)(F)F)c2)=C(O)C1. The lowest BCUT2D eigenvalue weighted by Gasteiger charge is -2.20. The molecule has 2 rings (SSSR count). The first-order valence-electron chi connectivity index (χ1n) is 6.83. The largest absolute Gasteiger partial charge is 0.512 e. The molecular weight excluding hydrogens is 297 g/mol. The number of carbonyl (C=O) groups is 2. The third-order valence-corrected chi connectivity index (χ3v) is 3.61. The van der Waals surface area contributed by atoms with E-state index >= 15 is 0 Å². The van der Waals surface area contributed by atoms with Gasteiger partial charge in [-0.25, -0.2) is 0 Å². The van der Waals surface area contributed by atoms with Crippen molar-refractivity contribution in [2.75, 3.05) is 0 Å². The molecule has 1 aliphatic rings. The molecule has 0 aromatic heterocycles. The fraction of sp³-hybridized carbons (Fsp3) is 0.375. The summed E-state index contributed by atoms with van der Waals surface area (Å²) < 4.78 is 37.9. The van der Waals surface area contributed by atoms with Crippen molar-refractivity contribution in [3.05, 3.63) is 46.7 Å². The molecule has 0 saturated carbocycles. The van der Waals surface area contributed by atoms with Gasteiger partial charge in [0, 0.05) is 30.4 Å². The molecule has 1 atom stereocenters. The molecule has 3 nitrogen and oxygen atoms in total. The molecule has 0 saturated heterocycles. The van der Waals surface area contributed by atoms with Gasteiger partial charge in [-0.05, 0) is 18.1 Å². The van der Waals surface area contributed by atoms with Gasteiger partial charge in [0.15, 0.2) is 11.6 Å². The minimum absolute atomic E-state index is 0.0000839. The Bertz CT molecular complexity index is 644. The van der Waals surface area contributed by atoms with Gasteiger partial charge in [0.1, 0.15) is 0 Å². The van der Waals surface area contributed by atoms with Crippen LogP contribution in [0.4, 0.5) is 13.2 Å². The van der Waals surface area contributed by atoms with Crippen molar-refractivity contribution in [2.45, 2.75) is 32.4 Å². The highest BCUT2D eigenvalue weighted by molar-refractivity contribution is 6.06. The van der Waals surface area contributed by atoms with E-state index in [1.54, 1.807) is 6.92 Å². The molecule has 0 spiro atoms. The predicted octanol–water partition coefficient (Wildman–Crippen LogP) is 4.09. The summed E-state index contributed by atoms with van der Waals surface area (Å²) in [5.74, 6) is -1.07. The van der Waals surface area contributed by atoms with Crippen LogP contribution in [0.15, 0.2) is 35.6 Å². The van der Waals surface area contributed by atoms with E-state index in [1.807, 2.05) is 0 Å². The zero-order chi connectivity index (χ0) is 16.5. The molecule has 1 unspecified atom stereocenters. The minimum atomic E-state index is -4.53. The number of carbonyl (C=O) groups excluding carboxylic acids is 2. The molecule has 22 heavy (non-hydrogen) atoms. The first-order valence-corrected chi connectivity index (χ1v) is 6.83. The zero-order valence-electron chi connectivity index (χ0n) is 11.9. The van der Waals surface area contributed by atoms with E-state index in [1.165, 1.54) is 6.07 Å². The number of halogens is 3. The predicted molar refractivity (Wildman–Crippen MR) is 73.5 cm³/mol. The molecule has 0 aliphatic heterocycles. The van der Waals surface area contributed by atoms with Crippen LogP contribution >= 0.6 is 0 Å². The fourth-order valence-electron chi connectivity index (χ4n) is 2.46. The summed E-state index contributed by atoms with van der Waals surface area (Å²) >= 11 is 0. The number of alkyl halides is 3. The summed E-state index contributed by atoms with van der Waals surface area (Å²) in [6.07, 6.45) is -4.38. The molecule has 1 aromatic carbocycles. The molecule has 118 valence electrons. The maximum atomic E-state index is 12.6. The van der Waals surface area contributed by atoms with E-state index in [2.05, 4.69) is 0 Å². The molecule has 1 aliphatic carbocycles. The van der Waals surface area contributed by atoms with Crippen molar-refractivity contribution >= 4 is 11.6 Å². The normalized spacial score (nSPS) is 19.5. The maximum absolute atomic E-state index is 12.6. The molecule has 6 heteroatoms. The van der Waals surface area contributed by atoms with E-state index in [0.717, 1.165) is 18.2 Å². The number of hydrogen-bond donors (Lipinski definition) is 1. The van der Waals surface area contributed by atoms with Gasteiger partial charge in [-0.15, -0.1) is 0 Å². The molecule has 0 heterocycles. The molecule has 1 aromatic rings. The summed E-state index contributed by atoms with van der Waals surface area (Å²) in [6.45, 7) is 1.81. The van der Waals surface area contributed by atoms with E-state index in [0.29, 0.717) is 6.42 Å². The fourth-order valence-corrected chi connectivity index (χ4v) is 2.46. The van der Waals surface area contributed by atoms with Crippen LogP contribution in [0.2, 0.25) is 0 Å². The van der Waals surface area contributed by atoms with Gasteiger partial charge in [0.05, 0.1) is 11.3 Å². The van der Waals surface area contributed by atoms with Crippen molar-refractivity contribution in [1.82, 2.24) is 0 Å². The van der Waals surface area contributed by atoms with Crippen LogP contribution in [0.1, 0.15) is 42.1 Å². The van der Waals surface area contributed by atoms with Crippen molar-refractivity contribution in [3.8, 4) is 0 Å². The highest BCUT2D eigenvalue weighted by atomic mass is 19.4. The number of hydrogen-bond acceptors (Lipinski definition) is 3. The van der Waals surface area contributed by atoms with Crippen molar-refractivity contribution in [3.63, 3.8) is 0 Å². The Morgan fingerprint density at radius 2 is 2.00 bits per heavy atom. The van der Waals surface area contributed by atoms with Crippen LogP contribution in [0, 0.1) is 5.92 Å². The highest BCUT2D eigenvalue weighted by Gasteiger charge is 2.31. The summed E-state index contributed by atoms with van der Waals surface area (Å²) in [5.41, 5.74) is -1.03. The van der Waals surface area contributed by atoms with Crippen molar-refractivity contribution in [2.24, 2.45) is 5.92 Å². The van der Waals surface area contributed by atoms with Gasteiger partial charge in [0.2, 0.25) is 0 Å². The van der Waals surface area contributed by atoms with Gasteiger partial charge in [-0.1, -0.05) is 19.1 Å². The number of benzene rings is 1. The van der Waals surface area contributed by atoms with E-state index in [4.69, 9.17) is 0 Å². The zero-order valence-corrected chi connectivity index (χ0v) is 11.9. The number of aliphatic hydroxyl groups excluding tert-OH is 1. The second-order valence-corrected chi connectivity index (χ2v) is 5.54. The van der Waals surface area contributed by atoms with Gasteiger partial charge < -0.3 is 5.11 Å². The van der Waals surface area contributed by atoms with E-state index in [9.17, 15) is 27.9 Å². The van der Waals surface area contributed by atoms with Crippen LogP contribution in [0.25, 0.3) is 0 Å². The second-order valence-electron chi connectivity index (χ2n) is 5.54. The van der Waals surface area contributed by atoms with Crippen LogP contribution in [-0.4, -0.2) is 16.7 Å². The quantitative estimate of drug-likeness (QED) is 0.855. The average molecular weight is 312 g/mol. The Morgan fingerprint density at radius 3 is 2.59 bits per heavy atom. The van der Waals surface area contributed by atoms with Crippen LogP contribution in [0.3, 0.4) is 0 Å². The molecular formula is C16H15F3O3. The molecule has 0 amide bonds. The van der Waals surface area contributed by atoms with Crippen molar-refractivity contribution in [1.29, 1.82) is 0 Å². The molecule has 0 radical (unpaired) electrons. The van der Waals surface area contributed by atoms with Crippen LogP contribution in [-0.2, 0) is 11.0 Å². The summed E-state index contributed by atoms with van der Waals surface area (Å²) in [4.78, 5) is 24.0. The Balaban J connectivity index is 2.23.